The maximum atomic E-state index is 13.7. The molecular weight excluding hydrogens is 343 g/mol. The number of aromatic amines is 1. The molecule has 1 aromatic carbocycles. The Labute approximate surface area is 146 Å². The van der Waals surface area contributed by atoms with Crippen molar-refractivity contribution < 1.29 is 9.18 Å². The van der Waals surface area contributed by atoms with Gasteiger partial charge in [0.15, 0.2) is 5.92 Å². The second-order valence-corrected chi connectivity index (χ2v) is 6.65. The van der Waals surface area contributed by atoms with E-state index in [4.69, 9.17) is 0 Å². The maximum absolute atomic E-state index is 13.7. The van der Waals surface area contributed by atoms with Gasteiger partial charge in [-0.25, -0.2) is 9.37 Å². The van der Waals surface area contributed by atoms with E-state index >= 15 is 0 Å². The predicted molar refractivity (Wildman–Crippen MR) is 93.1 cm³/mol. The molecule has 8 heteroatoms. The smallest absolute Gasteiger partial charge is 0.259 e. The van der Waals surface area contributed by atoms with Crippen LogP contribution in [-0.4, -0.2) is 15.9 Å². The summed E-state index contributed by atoms with van der Waals surface area (Å²) in [5.41, 5.74) is 0.379. The van der Waals surface area contributed by atoms with Crippen LogP contribution in [0.1, 0.15) is 22.2 Å². The third-order valence-corrected chi connectivity index (χ3v) is 4.95. The molecule has 126 valence electrons. The van der Waals surface area contributed by atoms with Crippen molar-refractivity contribution >= 4 is 33.1 Å². The Morgan fingerprint density at radius 3 is 2.80 bits per heavy atom. The number of benzene rings is 1. The lowest BCUT2D eigenvalue weighted by Crippen LogP contribution is -2.24. The van der Waals surface area contributed by atoms with Crippen molar-refractivity contribution in [3.05, 3.63) is 56.7 Å². The zero-order valence-electron chi connectivity index (χ0n) is 13.4. The number of carbonyl (C=O) groups excluding carboxylic acids is 1. The summed E-state index contributed by atoms with van der Waals surface area (Å²) in [7, 11) is 0. The summed E-state index contributed by atoms with van der Waals surface area (Å²) in [6, 6.07) is 7.43. The lowest BCUT2D eigenvalue weighted by Gasteiger charge is -2.10. The van der Waals surface area contributed by atoms with Gasteiger partial charge in [-0.15, -0.1) is 11.3 Å². The highest BCUT2D eigenvalue weighted by atomic mass is 32.1. The molecule has 0 radical (unpaired) electrons. The molecule has 2 aromatic heterocycles. The standard InChI is InChI=1S/C17H13FN4O2S/c1-8-9(2)25-17-13(8)16(24)21-14(22-17)10(7-19)15(23)20-12-6-4-3-5-11(12)18/h3-6,10H,1-2H3,(H,20,23)(H,21,22,24)/t10-/m1/s1. The molecule has 1 atom stereocenters. The number of anilines is 1. The highest BCUT2D eigenvalue weighted by Crippen LogP contribution is 2.27. The molecule has 0 unspecified atom stereocenters. The number of aromatic nitrogens is 2. The van der Waals surface area contributed by atoms with Crippen molar-refractivity contribution in [2.24, 2.45) is 0 Å². The van der Waals surface area contributed by atoms with Crippen LogP contribution in [0.3, 0.4) is 0 Å². The molecule has 1 amide bonds. The minimum atomic E-state index is -1.36. The molecule has 0 saturated carbocycles. The van der Waals surface area contributed by atoms with Crippen molar-refractivity contribution in [2.45, 2.75) is 19.8 Å². The van der Waals surface area contributed by atoms with E-state index in [0.717, 1.165) is 10.4 Å². The molecule has 3 aromatic rings. The number of nitrogens with zero attached hydrogens (tertiary/aromatic N) is 2. The van der Waals surface area contributed by atoms with Gasteiger partial charge in [0.2, 0.25) is 5.91 Å². The van der Waals surface area contributed by atoms with Gasteiger partial charge >= 0.3 is 0 Å². The number of thiophene rings is 1. The van der Waals surface area contributed by atoms with E-state index in [2.05, 4.69) is 15.3 Å². The van der Waals surface area contributed by atoms with Gasteiger partial charge in [0.1, 0.15) is 16.5 Å². The highest BCUT2D eigenvalue weighted by Gasteiger charge is 2.25. The maximum Gasteiger partial charge on any atom is 0.259 e. The zero-order chi connectivity index (χ0) is 18.1. The van der Waals surface area contributed by atoms with Crippen LogP contribution in [-0.2, 0) is 4.79 Å². The van der Waals surface area contributed by atoms with E-state index in [0.29, 0.717) is 10.2 Å². The monoisotopic (exact) mass is 356 g/mol. The van der Waals surface area contributed by atoms with Gasteiger partial charge in [-0.2, -0.15) is 5.26 Å². The van der Waals surface area contributed by atoms with E-state index in [9.17, 15) is 19.2 Å². The van der Waals surface area contributed by atoms with Crippen molar-refractivity contribution in [3.63, 3.8) is 0 Å². The zero-order valence-corrected chi connectivity index (χ0v) is 14.2. The molecule has 0 aliphatic carbocycles. The largest absolute Gasteiger partial charge is 0.322 e. The topological polar surface area (TPSA) is 98.6 Å². The van der Waals surface area contributed by atoms with Gasteiger partial charge in [-0.1, -0.05) is 12.1 Å². The molecule has 2 N–H and O–H groups in total. The van der Waals surface area contributed by atoms with E-state index in [1.807, 2.05) is 19.9 Å². The third-order valence-electron chi connectivity index (χ3n) is 3.85. The summed E-state index contributed by atoms with van der Waals surface area (Å²) in [6.45, 7) is 3.69. The number of nitrogens with one attached hydrogen (secondary N) is 2. The fourth-order valence-electron chi connectivity index (χ4n) is 2.42. The van der Waals surface area contributed by atoms with E-state index in [1.54, 1.807) is 6.07 Å². The van der Waals surface area contributed by atoms with Gasteiger partial charge in [0, 0.05) is 4.88 Å². The van der Waals surface area contributed by atoms with Crippen LogP contribution in [0.15, 0.2) is 29.1 Å². The Hall–Kier alpha value is -3.05. The predicted octanol–water partition coefficient (Wildman–Crippen LogP) is 2.99. The number of hydrogen-bond acceptors (Lipinski definition) is 5. The number of aryl methyl sites for hydroxylation is 2. The molecule has 0 fully saturated rings. The van der Waals surface area contributed by atoms with E-state index in [1.165, 1.54) is 29.5 Å². The first-order chi connectivity index (χ1) is 11.9. The van der Waals surface area contributed by atoms with Crippen LogP contribution < -0.4 is 10.9 Å². The minimum Gasteiger partial charge on any atom is -0.322 e. The lowest BCUT2D eigenvalue weighted by atomic mass is 10.1. The number of para-hydroxylation sites is 1. The number of rotatable bonds is 3. The number of H-pyrrole nitrogens is 1. The fourth-order valence-corrected chi connectivity index (χ4v) is 3.46. The Kier molecular flexibility index (Phi) is 4.33. The van der Waals surface area contributed by atoms with Crippen LogP contribution in [0.4, 0.5) is 10.1 Å². The van der Waals surface area contributed by atoms with Gasteiger partial charge in [-0.05, 0) is 31.5 Å². The fraction of sp³-hybridized carbons (Fsp3) is 0.176. The molecule has 0 spiro atoms. The van der Waals surface area contributed by atoms with Crippen LogP contribution in [0, 0.1) is 31.0 Å². The van der Waals surface area contributed by atoms with E-state index in [-0.39, 0.29) is 11.5 Å². The van der Waals surface area contributed by atoms with E-state index < -0.39 is 23.2 Å². The summed E-state index contributed by atoms with van der Waals surface area (Å²) in [5.74, 6) is -2.80. The van der Waals surface area contributed by atoms with Crippen molar-refractivity contribution in [3.8, 4) is 6.07 Å². The second-order valence-electron chi connectivity index (χ2n) is 5.45. The summed E-state index contributed by atoms with van der Waals surface area (Å²) < 4.78 is 13.7. The first-order valence-electron chi connectivity index (χ1n) is 7.37. The molecular formula is C17H13FN4O2S. The van der Waals surface area contributed by atoms with Gasteiger partial charge in [0.25, 0.3) is 5.56 Å². The molecule has 25 heavy (non-hydrogen) atoms. The van der Waals surface area contributed by atoms with Crippen LogP contribution in [0.2, 0.25) is 0 Å². The normalized spacial score (nSPS) is 11.9. The molecule has 0 aliphatic rings. The number of amides is 1. The minimum absolute atomic E-state index is 0.0426. The molecule has 3 rings (SSSR count). The summed E-state index contributed by atoms with van der Waals surface area (Å²) in [6.07, 6.45) is 0. The van der Waals surface area contributed by atoms with Gasteiger partial charge < -0.3 is 10.3 Å². The van der Waals surface area contributed by atoms with Crippen LogP contribution in [0.5, 0.6) is 0 Å². The Morgan fingerprint density at radius 1 is 1.40 bits per heavy atom. The number of fused-ring (bicyclic) bond motifs is 1. The van der Waals surface area contributed by atoms with Gasteiger partial charge in [-0.3, -0.25) is 9.59 Å². The van der Waals surface area contributed by atoms with Gasteiger partial charge in [0.05, 0.1) is 17.1 Å². The van der Waals surface area contributed by atoms with Crippen LogP contribution in [0.25, 0.3) is 10.2 Å². The first-order valence-corrected chi connectivity index (χ1v) is 8.19. The van der Waals surface area contributed by atoms with Crippen LogP contribution >= 0.6 is 11.3 Å². The molecule has 0 saturated heterocycles. The quantitative estimate of drug-likeness (QED) is 0.753. The van der Waals surface area contributed by atoms with Crippen molar-refractivity contribution in [1.29, 1.82) is 5.26 Å². The average Bonchev–Trinajstić information content (AvgIpc) is 2.85. The average molecular weight is 356 g/mol. The number of nitriles is 1. The SMILES string of the molecule is Cc1sc2nc([C@@H](C#N)C(=O)Nc3ccccc3F)[nH]c(=O)c2c1C. The summed E-state index contributed by atoms with van der Waals surface area (Å²) in [4.78, 5) is 32.8. The Bertz CT molecular complexity index is 1080. The Balaban J connectivity index is 2.00. The van der Waals surface area contributed by atoms with Crippen molar-refractivity contribution in [2.75, 3.05) is 5.32 Å². The van der Waals surface area contributed by atoms with Crippen molar-refractivity contribution in [1.82, 2.24) is 9.97 Å². The molecule has 6 nitrogen and oxygen atoms in total. The molecule has 2 heterocycles. The number of halogens is 1. The number of hydrogen-bond donors (Lipinski definition) is 2. The second kappa shape index (κ2) is 6.45. The number of carbonyl (C=O) groups is 1. The lowest BCUT2D eigenvalue weighted by molar-refractivity contribution is -0.116. The molecule has 0 bridgehead atoms. The summed E-state index contributed by atoms with van der Waals surface area (Å²) >= 11 is 1.32. The third kappa shape index (κ3) is 3.02. The Morgan fingerprint density at radius 2 is 2.12 bits per heavy atom. The first kappa shape index (κ1) is 16.8. The summed E-state index contributed by atoms with van der Waals surface area (Å²) in [5, 5.41) is 12.2. The highest BCUT2D eigenvalue weighted by molar-refractivity contribution is 7.18. The molecule has 0 aliphatic heterocycles.